The first-order valence-corrected chi connectivity index (χ1v) is 6.52. The molecule has 0 aliphatic heterocycles. The monoisotopic (exact) mass is 407 g/mol. The smallest absolute Gasteiger partial charge is 0.387 e. The van der Waals surface area contributed by atoms with Crippen molar-refractivity contribution in [2.24, 2.45) is 5.73 Å². The molecule has 1 aromatic heterocycles. The molecule has 0 aliphatic rings. The number of hydrogen-bond donors (Lipinski definition) is 2. The van der Waals surface area contributed by atoms with E-state index in [-0.39, 0.29) is 45.3 Å². The number of carbonyl (C=O) groups is 1. The Labute approximate surface area is 145 Å². The Balaban J connectivity index is 0.00000264. The topological polar surface area (TPSA) is 81.1 Å². The van der Waals surface area contributed by atoms with Crippen molar-refractivity contribution in [3.8, 4) is 5.75 Å². The molecule has 1 heterocycles. The Morgan fingerprint density at radius 2 is 2.09 bits per heavy atom. The standard InChI is InChI=1S/C14H12ClF2N3O2.BrH/c15-9-5-11(13(19)21)12(18)20(7-9)6-8-2-1-3-10(4-8)22-14(16)17;/h1-5,7,14,18H,6H2,(H2,19,21);1H. The van der Waals surface area contributed by atoms with Gasteiger partial charge in [-0.15, -0.1) is 17.0 Å². The molecule has 9 heteroatoms. The van der Waals surface area contributed by atoms with Crippen LogP contribution in [0.1, 0.15) is 15.9 Å². The fourth-order valence-corrected chi connectivity index (χ4v) is 2.17. The first kappa shape index (κ1) is 19.1. The van der Waals surface area contributed by atoms with Crippen molar-refractivity contribution in [3.63, 3.8) is 0 Å². The number of ether oxygens (including phenoxy) is 1. The van der Waals surface area contributed by atoms with Crippen molar-refractivity contribution in [3.05, 3.63) is 58.2 Å². The molecular weight excluding hydrogens is 396 g/mol. The van der Waals surface area contributed by atoms with Crippen LogP contribution in [0, 0.1) is 5.41 Å². The van der Waals surface area contributed by atoms with Crippen LogP contribution < -0.4 is 16.0 Å². The van der Waals surface area contributed by atoms with E-state index in [4.69, 9.17) is 22.7 Å². The Bertz CT molecular complexity index is 768. The van der Waals surface area contributed by atoms with Crippen LogP contribution in [0.15, 0.2) is 36.5 Å². The highest BCUT2D eigenvalue weighted by Gasteiger charge is 2.10. The summed E-state index contributed by atoms with van der Waals surface area (Å²) in [6.45, 7) is -2.76. The van der Waals surface area contributed by atoms with Crippen molar-refractivity contribution in [2.45, 2.75) is 13.2 Å². The predicted octanol–water partition coefficient (Wildman–Crippen LogP) is 2.95. The summed E-state index contributed by atoms with van der Waals surface area (Å²) in [5.74, 6) is -0.757. The molecule has 0 radical (unpaired) electrons. The van der Waals surface area contributed by atoms with E-state index in [9.17, 15) is 13.6 Å². The van der Waals surface area contributed by atoms with Gasteiger partial charge in [0.2, 0.25) is 0 Å². The van der Waals surface area contributed by atoms with Crippen molar-refractivity contribution in [1.82, 2.24) is 4.57 Å². The summed E-state index contributed by atoms with van der Waals surface area (Å²) in [5, 5.41) is 8.18. The lowest BCUT2D eigenvalue weighted by atomic mass is 10.2. The maximum absolute atomic E-state index is 12.2. The van der Waals surface area contributed by atoms with E-state index in [0.717, 1.165) is 0 Å². The number of hydrogen-bond acceptors (Lipinski definition) is 3. The number of primary amides is 1. The van der Waals surface area contributed by atoms with Gasteiger partial charge in [-0.05, 0) is 23.8 Å². The lowest BCUT2D eigenvalue weighted by molar-refractivity contribution is -0.0498. The van der Waals surface area contributed by atoms with Crippen molar-refractivity contribution < 1.29 is 18.3 Å². The molecule has 0 atom stereocenters. The molecule has 0 saturated carbocycles. The second-order valence-electron chi connectivity index (χ2n) is 4.44. The highest BCUT2D eigenvalue weighted by molar-refractivity contribution is 8.93. The normalized spacial score (nSPS) is 10.3. The Morgan fingerprint density at radius 3 is 2.70 bits per heavy atom. The van der Waals surface area contributed by atoms with Gasteiger partial charge in [-0.3, -0.25) is 10.2 Å². The molecule has 0 aliphatic carbocycles. The number of alkyl halides is 2. The van der Waals surface area contributed by atoms with E-state index < -0.39 is 12.5 Å². The Morgan fingerprint density at radius 1 is 1.39 bits per heavy atom. The van der Waals surface area contributed by atoms with E-state index in [0.29, 0.717) is 5.56 Å². The average Bonchev–Trinajstić information content (AvgIpc) is 2.42. The second kappa shape index (κ2) is 8.07. The number of nitrogens with two attached hydrogens (primary N) is 1. The lowest BCUT2D eigenvalue weighted by Gasteiger charge is -2.11. The third-order valence-electron chi connectivity index (χ3n) is 2.85. The third-order valence-corrected chi connectivity index (χ3v) is 3.05. The first-order valence-electron chi connectivity index (χ1n) is 6.15. The first-order chi connectivity index (χ1) is 10.4. The van der Waals surface area contributed by atoms with E-state index >= 15 is 0 Å². The molecule has 2 aromatic rings. The van der Waals surface area contributed by atoms with Crippen molar-refractivity contribution >= 4 is 34.5 Å². The zero-order valence-corrected chi connectivity index (χ0v) is 14.1. The van der Waals surface area contributed by atoms with Crippen molar-refractivity contribution in [2.75, 3.05) is 0 Å². The number of halogens is 4. The third kappa shape index (κ3) is 5.04. The summed E-state index contributed by atoms with van der Waals surface area (Å²) in [4.78, 5) is 11.3. The fraction of sp³-hybridized carbons (Fsp3) is 0.143. The summed E-state index contributed by atoms with van der Waals surface area (Å²) in [6.07, 6.45) is 1.46. The minimum absolute atomic E-state index is 0. The van der Waals surface area contributed by atoms with Crippen molar-refractivity contribution in [1.29, 1.82) is 5.41 Å². The quantitative estimate of drug-likeness (QED) is 0.797. The van der Waals surface area contributed by atoms with E-state index in [1.54, 1.807) is 12.1 Å². The van der Waals surface area contributed by atoms with Gasteiger partial charge in [0.1, 0.15) is 11.2 Å². The molecule has 0 spiro atoms. The number of nitrogens with zero attached hydrogens (tertiary/aromatic N) is 1. The van der Waals surface area contributed by atoms with Crippen LogP contribution in [0.2, 0.25) is 5.02 Å². The van der Waals surface area contributed by atoms with Gasteiger partial charge in [0.15, 0.2) is 0 Å². The summed E-state index contributed by atoms with van der Waals surface area (Å²) >= 11 is 5.90. The predicted molar refractivity (Wildman–Crippen MR) is 86.3 cm³/mol. The van der Waals surface area contributed by atoms with E-state index in [1.807, 2.05) is 0 Å². The number of benzene rings is 1. The van der Waals surface area contributed by atoms with E-state index in [2.05, 4.69) is 4.74 Å². The molecule has 0 bridgehead atoms. The van der Waals surface area contributed by atoms with Crippen LogP contribution in [0.5, 0.6) is 5.75 Å². The lowest BCUT2D eigenvalue weighted by Crippen LogP contribution is -2.29. The highest BCUT2D eigenvalue weighted by atomic mass is 79.9. The minimum Gasteiger partial charge on any atom is -0.435 e. The molecule has 1 amide bonds. The van der Waals surface area contributed by atoms with Crippen LogP contribution in [-0.4, -0.2) is 17.1 Å². The number of pyridine rings is 1. The van der Waals surface area contributed by atoms with Gasteiger partial charge < -0.3 is 15.0 Å². The summed E-state index contributed by atoms with van der Waals surface area (Å²) < 4.78 is 30.1. The molecule has 3 N–H and O–H groups in total. The molecule has 0 unspecified atom stereocenters. The number of rotatable bonds is 5. The molecular formula is C14H13BrClF2N3O2. The molecule has 0 saturated heterocycles. The zero-order valence-electron chi connectivity index (χ0n) is 11.6. The number of aromatic nitrogens is 1. The van der Waals surface area contributed by atoms with Gasteiger partial charge in [-0.1, -0.05) is 23.7 Å². The molecule has 2 rings (SSSR count). The molecule has 1 aromatic carbocycles. The fourth-order valence-electron chi connectivity index (χ4n) is 1.94. The second-order valence-corrected chi connectivity index (χ2v) is 4.88. The van der Waals surface area contributed by atoms with Gasteiger partial charge in [0.25, 0.3) is 5.91 Å². The minimum atomic E-state index is -2.91. The molecule has 124 valence electrons. The van der Waals surface area contributed by atoms with Gasteiger partial charge >= 0.3 is 6.61 Å². The summed E-state index contributed by atoms with van der Waals surface area (Å²) in [5.41, 5.74) is 5.66. The van der Waals surface area contributed by atoms with Gasteiger partial charge in [-0.2, -0.15) is 8.78 Å². The maximum atomic E-state index is 12.2. The zero-order chi connectivity index (χ0) is 16.3. The molecule has 23 heavy (non-hydrogen) atoms. The summed E-state index contributed by atoms with van der Waals surface area (Å²) in [7, 11) is 0. The van der Waals surface area contributed by atoms with Crippen LogP contribution >= 0.6 is 28.6 Å². The molecule has 0 fully saturated rings. The highest BCUT2D eigenvalue weighted by Crippen LogP contribution is 2.17. The number of amides is 1. The SMILES string of the molecule is Br.N=c1c(C(N)=O)cc(Cl)cn1Cc1cccc(OC(F)F)c1. The van der Waals surface area contributed by atoms with Crippen LogP contribution in [0.4, 0.5) is 8.78 Å². The van der Waals surface area contributed by atoms with Crippen LogP contribution in [0.25, 0.3) is 0 Å². The largest absolute Gasteiger partial charge is 0.435 e. The number of carbonyl (C=O) groups excluding carboxylic acids is 1. The number of nitrogens with one attached hydrogen (secondary N) is 1. The Kier molecular flexibility index (Phi) is 6.71. The average molecular weight is 409 g/mol. The summed E-state index contributed by atoms with van der Waals surface area (Å²) in [6, 6.07) is 7.35. The van der Waals surface area contributed by atoms with Crippen LogP contribution in [-0.2, 0) is 6.54 Å². The Hall–Kier alpha value is -1.93. The van der Waals surface area contributed by atoms with Gasteiger partial charge in [0.05, 0.1) is 10.6 Å². The van der Waals surface area contributed by atoms with Gasteiger partial charge in [-0.25, -0.2) is 0 Å². The maximum Gasteiger partial charge on any atom is 0.387 e. The molecule has 5 nitrogen and oxygen atoms in total. The van der Waals surface area contributed by atoms with E-state index in [1.165, 1.54) is 29.0 Å². The van der Waals surface area contributed by atoms with Crippen LogP contribution in [0.3, 0.4) is 0 Å². The van der Waals surface area contributed by atoms with Gasteiger partial charge in [0, 0.05) is 12.7 Å².